The van der Waals surface area contributed by atoms with Crippen LogP contribution < -0.4 is 4.90 Å². The molecular formula is C20H20FN3O. The number of carbonyl (C=O) groups excluding carboxylic acids is 1. The molecule has 128 valence electrons. The number of piperazine rings is 1. The average Bonchev–Trinajstić information content (AvgIpc) is 3.07. The van der Waals surface area contributed by atoms with E-state index in [9.17, 15) is 9.18 Å². The van der Waals surface area contributed by atoms with Gasteiger partial charge in [-0.2, -0.15) is 0 Å². The summed E-state index contributed by atoms with van der Waals surface area (Å²) in [6.45, 7) is 3.09. The number of amides is 1. The van der Waals surface area contributed by atoms with Crippen molar-refractivity contribution in [2.45, 2.75) is 6.42 Å². The zero-order chi connectivity index (χ0) is 17.2. The summed E-state index contributed by atoms with van der Waals surface area (Å²) in [6, 6.07) is 15.2. The monoisotopic (exact) mass is 337 g/mol. The highest BCUT2D eigenvalue weighted by molar-refractivity contribution is 5.89. The third kappa shape index (κ3) is 3.09. The van der Waals surface area contributed by atoms with Crippen LogP contribution in [0.3, 0.4) is 0 Å². The second-order valence-corrected chi connectivity index (χ2v) is 6.36. The van der Waals surface area contributed by atoms with Crippen LogP contribution in [0.15, 0.2) is 54.7 Å². The van der Waals surface area contributed by atoms with E-state index in [1.807, 2.05) is 29.2 Å². The number of fused-ring (bicyclic) bond motifs is 1. The molecule has 3 aromatic rings. The molecule has 1 aliphatic heterocycles. The number of hydrogen-bond donors (Lipinski definition) is 1. The Hall–Kier alpha value is -2.82. The fourth-order valence-electron chi connectivity index (χ4n) is 3.45. The van der Waals surface area contributed by atoms with Gasteiger partial charge in [-0.15, -0.1) is 0 Å². The Kier molecular flexibility index (Phi) is 4.14. The fourth-order valence-corrected chi connectivity index (χ4v) is 3.45. The van der Waals surface area contributed by atoms with Crippen molar-refractivity contribution in [2.24, 2.45) is 0 Å². The van der Waals surface area contributed by atoms with Gasteiger partial charge < -0.3 is 14.8 Å². The Morgan fingerprint density at radius 2 is 1.76 bits per heavy atom. The molecule has 0 spiro atoms. The topological polar surface area (TPSA) is 39.3 Å². The lowest BCUT2D eigenvalue weighted by Crippen LogP contribution is -2.49. The zero-order valence-corrected chi connectivity index (χ0v) is 13.9. The van der Waals surface area contributed by atoms with Gasteiger partial charge in [0.05, 0.1) is 11.9 Å². The Labute approximate surface area is 145 Å². The molecular weight excluding hydrogens is 317 g/mol. The van der Waals surface area contributed by atoms with Crippen molar-refractivity contribution in [1.29, 1.82) is 0 Å². The molecule has 0 atom stereocenters. The molecule has 1 aliphatic rings. The molecule has 0 aliphatic carbocycles. The number of nitrogens with zero attached hydrogens (tertiary/aromatic N) is 2. The first-order chi connectivity index (χ1) is 12.2. The molecule has 4 rings (SSSR count). The maximum atomic E-state index is 13.8. The van der Waals surface area contributed by atoms with Gasteiger partial charge in [-0.3, -0.25) is 4.79 Å². The number of aromatic nitrogens is 1. The van der Waals surface area contributed by atoms with E-state index < -0.39 is 0 Å². The van der Waals surface area contributed by atoms with Crippen molar-refractivity contribution in [3.63, 3.8) is 0 Å². The number of anilines is 1. The lowest BCUT2D eigenvalue weighted by atomic mass is 10.1. The first-order valence-electron chi connectivity index (χ1n) is 8.54. The average molecular weight is 337 g/mol. The number of benzene rings is 2. The third-order valence-electron chi connectivity index (χ3n) is 4.85. The molecule has 0 bridgehead atoms. The maximum Gasteiger partial charge on any atom is 0.227 e. The lowest BCUT2D eigenvalue weighted by molar-refractivity contribution is -0.130. The molecule has 1 amide bonds. The van der Waals surface area contributed by atoms with Gasteiger partial charge in [-0.05, 0) is 23.8 Å². The molecule has 5 heteroatoms. The van der Waals surface area contributed by atoms with E-state index in [2.05, 4.69) is 22.0 Å². The van der Waals surface area contributed by atoms with Crippen LogP contribution >= 0.6 is 0 Å². The molecule has 1 N–H and O–H groups in total. The summed E-state index contributed by atoms with van der Waals surface area (Å²) < 4.78 is 13.8. The van der Waals surface area contributed by atoms with Gasteiger partial charge in [-0.25, -0.2) is 4.39 Å². The summed E-state index contributed by atoms with van der Waals surface area (Å²) in [5.74, 6) is -0.189. The number of aromatic amines is 1. The SMILES string of the molecule is O=C(Cc1c[nH]c2c(F)cccc12)N1CCN(c2ccccc2)CC1. The normalized spacial score (nSPS) is 14.9. The van der Waals surface area contributed by atoms with E-state index >= 15 is 0 Å². The number of H-pyrrole nitrogens is 1. The van der Waals surface area contributed by atoms with E-state index in [4.69, 9.17) is 0 Å². The van der Waals surface area contributed by atoms with Crippen LogP contribution in [0.2, 0.25) is 0 Å². The Balaban J connectivity index is 1.41. The predicted octanol–water partition coefficient (Wildman–Crippen LogP) is 3.20. The Morgan fingerprint density at radius 3 is 2.52 bits per heavy atom. The van der Waals surface area contributed by atoms with Gasteiger partial charge >= 0.3 is 0 Å². The molecule has 2 heterocycles. The van der Waals surface area contributed by atoms with E-state index in [0.717, 1.165) is 24.0 Å². The van der Waals surface area contributed by atoms with Gasteiger partial charge in [0.25, 0.3) is 0 Å². The molecule has 0 saturated carbocycles. The van der Waals surface area contributed by atoms with Crippen LogP contribution in [-0.4, -0.2) is 42.0 Å². The minimum atomic E-state index is -0.285. The molecule has 1 aromatic heterocycles. The summed E-state index contributed by atoms with van der Waals surface area (Å²) >= 11 is 0. The van der Waals surface area contributed by atoms with Crippen molar-refractivity contribution in [1.82, 2.24) is 9.88 Å². The third-order valence-corrected chi connectivity index (χ3v) is 4.85. The zero-order valence-electron chi connectivity index (χ0n) is 13.9. The lowest BCUT2D eigenvalue weighted by Gasteiger charge is -2.36. The molecule has 1 fully saturated rings. The van der Waals surface area contributed by atoms with Crippen molar-refractivity contribution in [3.05, 3.63) is 66.1 Å². The van der Waals surface area contributed by atoms with Crippen molar-refractivity contribution >= 4 is 22.5 Å². The second-order valence-electron chi connectivity index (χ2n) is 6.36. The van der Waals surface area contributed by atoms with Crippen molar-refractivity contribution in [2.75, 3.05) is 31.1 Å². The van der Waals surface area contributed by atoms with Crippen LogP contribution in [0.25, 0.3) is 10.9 Å². The van der Waals surface area contributed by atoms with Gasteiger partial charge in [0.2, 0.25) is 5.91 Å². The number of rotatable bonds is 3. The fraction of sp³-hybridized carbons (Fsp3) is 0.250. The minimum absolute atomic E-state index is 0.0953. The Morgan fingerprint density at radius 1 is 1.00 bits per heavy atom. The van der Waals surface area contributed by atoms with Gasteiger partial charge in [-0.1, -0.05) is 30.3 Å². The van der Waals surface area contributed by atoms with E-state index in [0.29, 0.717) is 25.0 Å². The summed E-state index contributed by atoms with van der Waals surface area (Å²) in [5.41, 5.74) is 2.52. The molecule has 1 saturated heterocycles. The molecule has 25 heavy (non-hydrogen) atoms. The molecule has 0 radical (unpaired) electrons. The van der Waals surface area contributed by atoms with Crippen LogP contribution in [0.4, 0.5) is 10.1 Å². The van der Waals surface area contributed by atoms with Crippen LogP contribution in [0.5, 0.6) is 0 Å². The Bertz CT molecular complexity index is 882. The largest absolute Gasteiger partial charge is 0.368 e. The van der Waals surface area contributed by atoms with Crippen LogP contribution in [0, 0.1) is 5.82 Å². The smallest absolute Gasteiger partial charge is 0.227 e. The quantitative estimate of drug-likeness (QED) is 0.797. The molecule has 2 aromatic carbocycles. The number of hydrogen-bond acceptors (Lipinski definition) is 2. The van der Waals surface area contributed by atoms with Crippen LogP contribution in [0.1, 0.15) is 5.56 Å². The van der Waals surface area contributed by atoms with E-state index in [1.165, 1.54) is 11.8 Å². The highest BCUT2D eigenvalue weighted by Crippen LogP contribution is 2.22. The van der Waals surface area contributed by atoms with Crippen molar-refractivity contribution in [3.8, 4) is 0 Å². The second kappa shape index (κ2) is 6.59. The first-order valence-corrected chi connectivity index (χ1v) is 8.54. The molecule has 0 unspecified atom stereocenters. The molecule has 4 nitrogen and oxygen atoms in total. The van der Waals surface area contributed by atoms with E-state index in [1.54, 1.807) is 12.3 Å². The highest BCUT2D eigenvalue weighted by Gasteiger charge is 2.22. The van der Waals surface area contributed by atoms with Gasteiger partial charge in [0.1, 0.15) is 5.82 Å². The number of para-hydroxylation sites is 2. The minimum Gasteiger partial charge on any atom is -0.368 e. The summed E-state index contributed by atoms with van der Waals surface area (Å²) in [4.78, 5) is 19.8. The highest BCUT2D eigenvalue weighted by atomic mass is 19.1. The van der Waals surface area contributed by atoms with Crippen LogP contribution in [-0.2, 0) is 11.2 Å². The van der Waals surface area contributed by atoms with Gasteiger partial charge in [0.15, 0.2) is 0 Å². The summed E-state index contributed by atoms with van der Waals surface area (Å²) in [5, 5.41) is 0.788. The van der Waals surface area contributed by atoms with E-state index in [-0.39, 0.29) is 11.7 Å². The van der Waals surface area contributed by atoms with Gasteiger partial charge in [0, 0.05) is 43.4 Å². The summed E-state index contributed by atoms with van der Waals surface area (Å²) in [6.07, 6.45) is 2.04. The number of carbonyl (C=O) groups is 1. The number of halogens is 1. The first kappa shape index (κ1) is 15.7. The summed E-state index contributed by atoms with van der Waals surface area (Å²) in [7, 11) is 0. The number of nitrogens with one attached hydrogen (secondary N) is 1. The van der Waals surface area contributed by atoms with Crippen molar-refractivity contribution < 1.29 is 9.18 Å². The predicted molar refractivity (Wildman–Crippen MR) is 97.2 cm³/mol. The maximum absolute atomic E-state index is 13.8. The standard InChI is InChI=1S/C20H20FN3O/c21-18-8-4-7-17-15(14-22-20(17)18)13-19(25)24-11-9-23(10-12-24)16-5-2-1-3-6-16/h1-8,14,22H,9-13H2.